The van der Waals surface area contributed by atoms with E-state index in [-0.39, 0.29) is 18.4 Å². The van der Waals surface area contributed by atoms with E-state index in [1.165, 1.54) is 12.1 Å². The average Bonchev–Trinajstić information content (AvgIpc) is 2.90. The Balaban J connectivity index is 2.04. The molecular formula is C30H44ClFN2O5. The Bertz CT molecular complexity index is 1050. The summed E-state index contributed by atoms with van der Waals surface area (Å²) in [6, 6.07) is 11.1. The number of ether oxygens (including phenoxy) is 3. The zero-order valence-corrected chi connectivity index (χ0v) is 24.7. The fourth-order valence-electron chi connectivity index (χ4n) is 4.43. The van der Waals surface area contributed by atoms with Crippen LogP contribution < -0.4 is 15.2 Å². The van der Waals surface area contributed by atoms with Gasteiger partial charge in [0.2, 0.25) is 5.91 Å². The van der Waals surface area contributed by atoms with Gasteiger partial charge in [0, 0.05) is 38.0 Å². The molecule has 3 N–H and O–H groups in total. The quantitative estimate of drug-likeness (QED) is 0.217. The highest BCUT2D eigenvalue weighted by Crippen LogP contribution is 2.32. The van der Waals surface area contributed by atoms with Crippen molar-refractivity contribution >= 4 is 17.7 Å². The van der Waals surface area contributed by atoms with Crippen LogP contribution in [0.15, 0.2) is 42.5 Å². The van der Waals surface area contributed by atoms with Crippen molar-refractivity contribution in [1.29, 1.82) is 0 Å². The number of benzene rings is 2. The highest BCUT2D eigenvalue weighted by atomic mass is 35.5. The number of halogens is 2. The zero-order chi connectivity index (χ0) is 29.2. The lowest BCUT2D eigenvalue weighted by Gasteiger charge is -2.32. The maximum Gasteiger partial charge on any atom is 0.247 e. The molecule has 3 atom stereocenters. The van der Waals surface area contributed by atoms with Crippen LogP contribution in [0.2, 0.25) is 0 Å². The lowest BCUT2D eigenvalue weighted by atomic mass is 9.82. The van der Waals surface area contributed by atoms with Crippen LogP contribution in [0.5, 0.6) is 11.5 Å². The highest BCUT2D eigenvalue weighted by molar-refractivity contribution is 6.22. The van der Waals surface area contributed by atoms with Crippen LogP contribution in [0.4, 0.5) is 4.39 Å². The number of hydrogen-bond donors (Lipinski definition) is 2. The summed E-state index contributed by atoms with van der Waals surface area (Å²) in [5.41, 5.74) is 6.91. The first-order valence-corrected chi connectivity index (χ1v) is 13.7. The lowest BCUT2D eigenvalue weighted by molar-refractivity contribution is -0.132. The van der Waals surface area contributed by atoms with Crippen molar-refractivity contribution in [2.24, 2.45) is 17.6 Å². The van der Waals surface area contributed by atoms with E-state index in [1.807, 2.05) is 18.2 Å². The Hall–Kier alpha value is -2.39. The van der Waals surface area contributed by atoms with Gasteiger partial charge in [-0.2, -0.15) is 0 Å². The third kappa shape index (κ3) is 9.64. The molecule has 0 fully saturated rings. The number of hydrogen-bond acceptors (Lipinski definition) is 6. The fourth-order valence-corrected chi connectivity index (χ4v) is 4.79. The first kappa shape index (κ1) is 32.8. The van der Waals surface area contributed by atoms with Crippen LogP contribution >= 0.6 is 11.8 Å². The van der Waals surface area contributed by atoms with Crippen molar-refractivity contribution in [2.75, 3.05) is 34.0 Å². The molecule has 218 valence electrons. The topological polar surface area (TPSA) is 94.3 Å². The van der Waals surface area contributed by atoms with Gasteiger partial charge in [-0.05, 0) is 73.9 Å². The Morgan fingerprint density at radius 3 is 2.46 bits per heavy atom. The van der Waals surface area contributed by atoms with Gasteiger partial charge in [0.05, 0.1) is 31.8 Å². The van der Waals surface area contributed by atoms with Gasteiger partial charge in [0.1, 0.15) is 5.82 Å². The second kappa shape index (κ2) is 15.4. The monoisotopic (exact) mass is 566 g/mol. The van der Waals surface area contributed by atoms with E-state index in [1.54, 1.807) is 40.2 Å². The van der Waals surface area contributed by atoms with Gasteiger partial charge in [0.25, 0.3) is 0 Å². The summed E-state index contributed by atoms with van der Waals surface area (Å²) in [5.74, 6) is 0.910. The molecule has 39 heavy (non-hydrogen) atoms. The Morgan fingerprint density at radius 1 is 1.13 bits per heavy atom. The van der Waals surface area contributed by atoms with Crippen molar-refractivity contribution < 1.29 is 28.5 Å². The second-order valence-electron chi connectivity index (χ2n) is 10.8. The van der Waals surface area contributed by atoms with Crippen molar-refractivity contribution in [3.63, 3.8) is 0 Å². The van der Waals surface area contributed by atoms with Crippen LogP contribution in [0.3, 0.4) is 0 Å². The molecule has 1 amide bonds. The fraction of sp³-hybridized carbons (Fsp3) is 0.567. The predicted octanol–water partition coefficient (Wildman–Crippen LogP) is 5.10. The SMILES string of the molecule is COCCCOc1cc(C[C@@H](C[C@H](N)[C@@H](O)CN(Cl)C(=O)C(C)(C)c2cccc(F)c2)C(C)C)ccc1OC. The summed E-state index contributed by atoms with van der Waals surface area (Å²) >= 11 is 6.32. The van der Waals surface area contributed by atoms with Crippen molar-refractivity contribution in [3.8, 4) is 11.5 Å². The molecule has 0 bridgehead atoms. The molecule has 2 rings (SSSR count). The average molecular weight is 567 g/mol. The molecule has 0 unspecified atom stereocenters. The van der Waals surface area contributed by atoms with E-state index in [4.69, 9.17) is 31.7 Å². The van der Waals surface area contributed by atoms with Gasteiger partial charge in [-0.15, -0.1) is 0 Å². The van der Waals surface area contributed by atoms with Crippen LogP contribution in [0.25, 0.3) is 0 Å². The molecule has 0 aliphatic carbocycles. The van der Waals surface area contributed by atoms with E-state index in [2.05, 4.69) is 13.8 Å². The molecular weight excluding hydrogens is 523 g/mol. The lowest BCUT2D eigenvalue weighted by Crippen LogP contribution is -2.47. The normalized spacial score (nSPS) is 14.1. The zero-order valence-electron chi connectivity index (χ0n) is 24.0. The first-order chi connectivity index (χ1) is 18.4. The molecule has 0 saturated carbocycles. The summed E-state index contributed by atoms with van der Waals surface area (Å²) in [7, 11) is 3.27. The van der Waals surface area contributed by atoms with E-state index in [0.717, 1.165) is 22.8 Å². The number of aliphatic hydroxyl groups excluding tert-OH is 1. The van der Waals surface area contributed by atoms with Gasteiger partial charge in [-0.1, -0.05) is 32.0 Å². The summed E-state index contributed by atoms with van der Waals surface area (Å²) < 4.78 is 31.1. The molecule has 0 aliphatic heterocycles. The molecule has 0 radical (unpaired) electrons. The molecule has 0 spiro atoms. The third-order valence-corrected chi connectivity index (χ3v) is 7.43. The van der Waals surface area contributed by atoms with Crippen molar-refractivity contribution in [3.05, 3.63) is 59.4 Å². The van der Waals surface area contributed by atoms with Gasteiger partial charge in [-0.25, -0.2) is 4.39 Å². The van der Waals surface area contributed by atoms with Gasteiger partial charge >= 0.3 is 0 Å². The van der Waals surface area contributed by atoms with E-state index in [0.29, 0.717) is 36.7 Å². The number of carbonyl (C=O) groups is 1. The number of amides is 1. The van der Waals surface area contributed by atoms with Crippen LogP contribution in [0.1, 0.15) is 51.7 Å². The molecule has 2 aromatic carbocycles. The molecule has 9 heteroatoms. The number of methoxy groups -OCH3 is 2. The van der Waals surface area contributed by atoms with Crippen LogP contribution in [-0.4, -0.2) is 61.6 Å². The van der Waals surface area contributed by atoms with Gasteiger partial charge in [0.15, 0.2) is 11.5 Å². The van der Waals surface area contributed by atoms with Crippen molar-refractivity contribution in [1.82, 2.24) is 4.42 Å². The number of nitrogens with zero attached hydrogens (tertiary/aromatic N) is 1. The highest BCUT2D eigenvalue weighted by Gasteiger charge is 2.35. The minimum Gasteiger partial charge on any atom is -0.493 e. The summed E-state index contributed by atoms with van der Waals surface area (Å²) in [6.07, 6.45) is 0.991. The van der Waals surface area contributed by atoms with Gasteiger partial charge in [-0.3, -0.25) is 9.21 Å². The first-order valence-electron chi connectivity index (χ1n) is 13.4. The third-order valence-electron chi connectivity index (χ3n) is 7.14. The Morgan fingerprint density at radius 2 is 1.85 bits per heavy atom. The number of rotatable bonds is 16. The second-order valence-corrected chi connectivity index (χ2v) is 11.2. The molecule has 0 aliphatic rings. The molecule has 7 nitrogen and oxygen atoms in total. The predicted molar refractivity (Wildman–Crippen MR) is 153 cm³/mol. The number of carbonyl (C=O) groups excluding carboxylic acids is 1. The minimum atomic E-state index is -1.08. The largest absolute Gasteiger partial charge is 0.493 e. The van der Waals surface area contributed by atoms with Crippen LogP contribution in [0, 0.1) is 17.7 Å². The molecule has 2 aromatic rings. The molecule has 0 saturated heterocycles. The summed E-state index contributed by atoms with van der Waals surface area (Å²) in [4.78, 5) is 13.1. The van der Waals surface area contributed by atoms with Gasteiger partial charge < -0.3 is 25.1 Å². The van der Waals surface area contributed by atoms with Crippen LogP contribution in [-0.2, 0) is 21.4 Å². The summed E-state index contributed by atoms with van der Waals surface area (Å²) in [6.45, 7) is 8.57. The maximum absolute atomic E-state index is 13.7. The molecule has 0 aromatic heterocycles. The summed E-state index contributed by atoms with van der Waals surface area (Å²) in [5, 5.41) is 10.9. The standard InChI is InChI=1S/C30H44ClFN2O5/c1-20(2)22(15-21-11-12-27(38-6)28(16-21)39-14-8-13-37-5)17-25(33)26(35)19-34(31)29(36)30(3,4)23-9-7-10-24(32)18-23/h7,9-12,16,18,20,22,25-26,35H,8,13-15,17,19,33H2,1-6H3/t22-,25-,26-/m0/s1. The minimum absolute atomic E-state index is 0.146. The maximum atomic E-state index is 13.7. The van der Waals surface area contributed by atoms with E-state index in [9.17, 15) is 14.3 Å². The Kier molecular flexibility index (Phi) is 13.0. The van der Waals surface area contributed by atoms with E-state index >= 15 is 0 Å². The van der Waals surface area contributed by atoms with E-state index < -0.39 is 29.3 Å². The number of aliphatic hydroxyl groups is 1. The number of nitrogens with two attached hydrogens (primary N) is 1. The Labute approximate surface area is 237 Å². The smallest absolute Gasteiger partial charge is 0.247 e. The van der Waals surface area contributed by atoms with Crippen molar-refractivity contribution in [2.45, 2.75) is 64.5 Å². The molecule has 0 heterocycles.